The Kier molecular flexibility index (Phi) is 10.1. The third-order valence-corrected chi connectivity index (χ3v) is 11.9. The van der Waals surface area contributed by atoms with Crippen LogP contribution in [0.25, 0.3) is 106 Å². The number of alkyl halides is 3. The van der Waals surface area contributed by atoms with Crippen LogP contribution in [0.2, 0.25) is 0 Å². The molecular weight excluding hydrogens is 824 g/mol. The largest absolute Gasteiger partial charge is 0.416 e. The summed E-state index contributed by atoms with van der Waals surface area (Å²) in [5.41, 5.74) is 9.62. The van der Waals surface area contributed by atoms with Gasteiger partial charge in [0.05, 0.1) is 45.1 Å². The van der Waals surface area contributed by atoms with Gasteiger partial charge < -0.3 is 4.57 Å². The van der Waals surface area contributed by atoms with Crippen molar-refractivity contribution in [2.75, 3.05) is 0 Å². The van der Waals surface area contributed by atoms with E-state index in [1.165, 1.54) is 12.1 Å². The van der Waals surface area contributed by atoms with E-state index in [1.54, 1.807) is 12.1 Å². The van der Waals surface area contributed by atoms with E-state index in [2.05, 4.69) is 54.0 Å². The van der Waals surface area contributed by atoms with Gasteiger partial charge in [-0.05, 0) is 54.4 Å². The van der Waals surface area contributed by atoms with E-state index in [0.717, 1.165) is 60.8 Å². The zero-order valence-electron chi connectivity index (χ0n) is 35.6. The first kappa shape index (κ1) is 40.3. The third-order valence-electron chi connectivity index (χ3n) is 11.9. The lowest BCUT2D eigenvalue weighted by Gasteiger charge is -2.22. The van der Waals surface area contributed by atoms with Gasteiger partial charge in [-0.3, -0.25) is 0 Å². The maximum Gasteiger partial charge on any atom is 0.416 e. The highest BCUT2D eigenvalue weighted by Crippen LogP contribution is 2.46. The average molecular weight is 862 g/mol. The predicted octanol–water partition coefficient (Wildman–Crippen LogP) is 15.4. The molecule has 3 aromatic heterocycles. The minimum atomic E-state index is -4.75. The Bertz CT molecular complexity index is 3310. The van der Waals surface area contributed by atoms with Gasteiger partial charge >= 0.3 is 6.18 Å². The van der Waals surface area contributed by atoms with E-state index in [1.807, 2.05) is 146 Å². The van der Waals surface area contributed by atoms with Gasteiger partial charge in [0, 0.05) is 44.2 Å². The molecule has 0 radical (unpaired) electrons. The number of aromatic nitrogens is 5. The molecule has 66 heavy (non-hydrogen) atoms. The topological polar surface area (TPSA) is 56.5 Å². The second kappa shape index (κ2) is 16.6. The number of benzene rings is 8. The number of hydrogen-bond acceptors (Lipinski definition) is 4. The predicted molar refractivity (Wildman–Crippen MR) is 260 cm³/mol. The Morgan fingerprint density at radius 2 is 0.803 bits per heavy atom. The standard InChI is InChI=1S/C58H38F3N5/c1-37-17-16-26-42(31-37)43-29-30-46-45-27-14-15-28-53(45)66(54(46)32-43)55-47(51-35-49(38-18-6-2-7-19-38)62-56(64-51)40-22-10-4-11-23-40)33-44(58(59,60)61)34-48(55)52-36-50(39-20-8-3-9-21-39)63-57(65-52)41-24-12-5-13-25-41/h2-36H,1H3. The van der Waals surface area contributed by atoms with E-state index in [4.69, 9.17) is 19.9 Å². The van der Waals surface area contributed by atoms with Crippen LogP contribution in [0.1, 0.15) is 11.1 Å². The third kappa shape index (κ3) is 7.58. The molecule has 0 fully saturated rings. The smallest absolute Gasteiger partial charge is 0.308 e. The second-order valence-electron chi connectivity index (χ2n) is 16.3. The summed E-state index contributed by atoms with van der Waals surface area (Å²) >= 11 is 0. The Labute approximate surface area is 379 Å². The van der Waals surface area contributed by atoms with Gasteiger partial charge in [0.2, 0.25) is 0 Å². The molecule has 0 saturated carbocycles. The normalized spacial score (nSPS) is 11.6. The van der Waals surface area contributed by atoms with Gasteiger partial charge in [-0.2, -0.15) is 13.2 Å². The molecule has 0 N–H and O–H groups in total. The molecule has 0 atom stereocenters. The van der Waals surface area contributed by atoms with Crippen LogP contribution < -0.4 is 0 Å². The summed E-state index contributed by atoms with van der Waals surface area (Å²) in [6.45, 7) is 2.06. The second-order valence-corrected chi connectivity index (χ2v) is 16.3. The Balaban J connectivity index is 1.32. The fourth-order valence-electron chi connectivity index (χ4n) is 8.76. The first-order valence-electron chi connectivity index (χ1n) is 21.6. The molecule has 5 nitrogen and oxygen atoms in total. The molecular formula is C58H38F3N5. The number of halogens is 3. The van der Waals surface area contributed by atoms with Crippen molar-refractivity contribution < 1.29 is 13.2 Å². The Morgan fingerprint density at radius 3 is 1.32 bits per heavy atom. The highest BCUT2D eigenvalue weighted by atomic mass is 19.4. The van der Waals surface area contributed by atoms with Crippen molar-refractivity contribution in [3.63, 3.8) is 0 Å². The minimum Gasteiger partial charge on any atom is -0.308 e. The number of rotatable bonds is 8. The van der Waals surface area contributed by atoms with Gasteiger partial charge in [-0.25, -0.2) is 19.9 Å². The van der Waals surface area contributed by atoms with E-state index in [-0.39, 0.29) is 11.1 Å². The zero-order chi connectivity index (χ0) is 44.8. The Morgan fingerprint density at radius 1 is 0.364 bits per heavy atom. The highest BCUT2D eigenvalue weighted by molar-refractivity contribution is 6.11. The molecule has 0 bridgehead atoms. The van der Waals surface area contributed by atoms with Crippen LogP contribution in [0.5, 0.6) is 0 Å². The molecule has 0 aliphatic rings. The van der Waals surface area contributed by atoms with Crippen molar-refractivity contribution >= 4 is 21.8 Å². The molecule has 0 saturated heterocycles. The first-order valence-corrected chi connectivity index (χ1v) is 21.6. The van der Waals surface area contributed by atoms with E-state index in [9.17, 15) is 0 Å². The van der Waals surface area contributed by atoms with E-state index in [0.29, 0.717) is 40.1 Å². The van der Waals surface area contributed by atoms with E-state index >= 15 is 13.2 Å². The van der Waals surface area contributed by atoms with Crippen molar-refractivity contribution in [3.05, 3.63) is 223 Å². The lowest BCUT2D eigenvalue weighted by Crippen LogP contribution is -2.10. The maximum absolute atomic E-state index is 15.7. The number of para-hydroxylation sites is 1. The van der Waals surface area contributed by atoms with Gasteiger partial charge in [0.1, 0.15) is 0 Å². The number of aryl methyl sites for hydroxylation is 1. The molecule has 0 amide bonds. The number of nitrogens with zero attached hydrogens (tertiary/aromatic N) is 5. The zero-order valence-corrected chi connectivity index (χ0v) is 35.6. The van der Waals surface area contributed by atoms with Crippen LogP contribution in [0.15, 0.2) is 212 Å². The molecule has 8 heteroatoms. The van der Waals surface area contributed by atoms with Crippen LogP contribution in [0.3, 0.4) is 0 Å². The maximum atomic E-state index is 15.7. The van der Waals surface area contributed by atoms with Gasteiger partial charge in [-0.15, -0.1) is 0 Å². The van der Waals surface area contributed by atoms with Crippen molar-refractivity contribution in [2.45, 2.75) is 13.1 Å². The molecule has 11 aromatic rings. The first-order chi connectivity index (χ1) is 32.2. The Hall–Kier alpha value is -8.49. The quantitative estimate of drug-likeness (QED) is 0.153. The lowest BCUT2D eigenvalue weighted by molar-refractivity contribution is -0.137. The molecule has 3 heterocycles. The number of hydrogen-bond donors (Lipinski definition) is 0. The van der Waals surface area contributed by atoms with Crippen LogP contribution in [0.4, 0.5) is 13.2 Å². The summed E-state index contributed by atoms with van der Waals surface area (Å²) in [6, 6.07) is 67.0. The van der Waals surface area contributed by atoms with Gasteiger partial charge in [0.15, 0.2) is 11.6 Å². The van der Waals surface area contributed by atoms with E-state index < -0.39 is 11.7 Å². The average Bonchev–Trinajstić information content (AvgIpc) is 3.69. The lowest BCUT2D eigenvalue weighted by atomic mass is 9.95. The molecule has 316 valence electrons. The summed E-state index contributed by atoms with van der Waals surface area (Å²) in [6.07, 6.45) is -4.75. The van der Waals surface area contributed by atoms with Crippen LogP contribution >= 0.6 is 0 Å². The van der Waals surface area contributed by atoms with Crippen molar-refractivity contribution in [3.8, 4) is 84.6 Å². The molecule has 0 aliphatic carbocycles. The molecule has 11 rings (SSSR count). The van der Waals surface area contributed by atoms with Crippen LogP contribution in [-0.4, -0.2) is 24.5 Å². The van der Waals surface area contributed by atoms with Crippen LogP contribution in [0, 0.1) is 6.92 Å². The molecule has 0 aliphatic heterocycles. The molecule has 0 unspecified atom stereocenters. The minimum absolute atomic E-state index is 0.251. The SMILES string of the molecule is Cc1cccc(-c2ccc3c4ccccc4n(-c4c(-c5cc(-c6ccccc6)nc(-c6ccccc6)n5)cc(C(F)(F)F)cc4-c4cc(-c5ccccc5)nc(-c5ccccc5)n4)c3c2)c1. The monoisotopic (exact) mass is 861 g/mol. The fourth-order valence-corrected chi connectivity index (χ4v) is 8.76. The van der Waals surface area contributed by atoms with Gasteiger partial charge in [-0.1, -0.05) is 181 Å². The van der Waals surface area contributed by atoms with Crippen LogP contribution in [-0.2, 0) is 6.18 Å². The molecule has 0 spiro atoms. The van der Waals surface area contributed by atoms with Crippen molar-refractivity contribution in [1.82, 2.24) is 24.5 Å². The molecule has 8 aromatic carbocycles. The van der Waals surface area contributed by atoms with Gasteiger partial charge in [0.25, 0.3) is 0 Å². The summed E-state index contributed by atoms with van der Waals surface area (Å²) in [4.78, 5) is 20.4. The summed E-state index contributed by atoms with van der Waals surface area (Å²) in [5.74, 6) is 0.751. The van der Waals surface area contributed by atoms with Crippen molar-refractivity contribution in [2.24, 2.45) is 0 Å². The highest BCUT2D eigenvalue weighted by Gasteiger charge is 2.35. The van der Waals surface area contributed by atoms with Crippen molar-refractivity contribution in [1.29, 1.82) is 0 Å². The summed E-state index contributed by atoms with van der Waals surface area (Å²) in [7, 11) is 0. The summed E-state index contributed by atoms with van der Waals surface area (Å²) in [5, 5.41) is 1.88. The fraction of sp³-hybridized carbons (Fsp3) is 0.0345. The summed E-state index contributed by atoms with van der Waals surface area (Å²) < 4.78 is 49.3. The number of fused-ring (bicyclic) bond motifs is 3.